The van der Waals surface area contributed by atoms with Gasteiger partial charge in [-0.1, -0.05) is 6.07 Å². The third kappa shape index (κ3) is 3.48. The fourth-order valence-electron chi connectivity index (χ4n) is 1.79. The molecule has 0 saturated heterocycles. The van der Waals surface area contributed by atoms with Crippen molar-refractivity contribution in [3.63, 3.8) is 0 Å². The van der Waals surface area contributed by atoms with Crippen LogP contribution in [0.4, 0.5) is 11.4 Å². The molecule has 0 radical (unpaired) electrons. The number of nitrogens with zero attached hydrogens (tertiary/aromatic N) is 2. The van der Waals surface area contributed by atoms with E-state index in [2.05, 4.69) is 16.3 Å². The standard InChI is InChI=1S/C15H14N2O2/c1-10-7-11(2)9-14(8-10)17-16-13-5-3-12(4-6-13)15(18)19/h3-9H,1-2H3,(H,18,19)/b17-16+. The smallest absolute Gasteiger partial charge is 0.335 e. The van der Waals surface area contributed by atoms with Crippen LogP contribution in [0.1, 0.15) is 21.5 Å². The third-order valence-electron chi connectivity index (χ3n) is 2.60. The summed E-state index contributed by atoms with van der Waals surface area (Å²) in [6.07, 6.45) is 0. The molecule has 0 amide bonds. The molecule has 0 unspecified atom stereocenters. The second kappa shape index (κ2) is 5.44. The van der Waals surface area contributed by atoms with E-state index in [0.717, 1.165) is 16.8 Å². The molecule has 19 heavy (non-hydrogen) atoms. The molecule has 0 heterocycles. The van der Waals surface area contributed by atoms with Gasteiger partial charge in [-0.2, -0.15) is 10.2 Å². The van der Waals surface area contributed by atoms with Crippen LogP contribution in [0.2, 0.25) is 0 Å². The molecular formula is C15H14N2O2. The van der Waals surface area contributed by atoms with E-state index in [1.54, 1.807) is 12.1 Å². The van der Waals surface area contributed by atoms with Crippen LogP contribution in [0, 0.1) is 13.8 Å². The maximum atomic E-state index is 10.7. The lowest BCUT2D eigenvalue weighted by molar-refractivity contribution is 0.0697. The van der Waals surface area contributed by atoms with Gasteiger partial charge in [0.05, 0.1) is 16.9 Å². The van der Waals surface area contributed by atoms with Crippen LogP contribution < -0.4 is 0 Å². The molecule has 0 aromatic heterocycles. The average Bonchev–Trinajstić information content (AvgIpc) is 2.36. The second-order valence-electron chi connectivity index (χ2n) is 4.40. The summed E-state index contributed by atoms with van der Waals surface area (Å²) >= 11 is 0. The van der Waals surface area contributed by atoms with E-state index in [-0.39, 0.29) is 5.56 Å². The van der Waals surface area contributed by atoms with Gasteiger partial charge in [-0.3, -0.25) is 0 Å². The van der Waals surface area contributed by atoms with E-state index in [9.17, 15) is 4.79 Å². The molecular weight excluding hydrogens is 240 g/mol. The van der Waals surface area contributed by atoms with Crippen molar-refractivity contribution >= 4 is 17.3 Å². The Labute approximate surface area is 111 Å². The van der Waals surface area contributed by atoms with E-state index in [4.69, 9.17) is 5.11 Å². The van der Waals surface area contributed by atoms with Gasteiger partial charge in [0.2, 0.25) is 0 Å². The molecule has 0 spiro atoms. The molecule has 0 atom stereocenters. The number of aryl methyl sites for hydroxylation is 2. The molecule has 1 N–H and O–H groups in total. The van der Waals surface area contributed by atoms with Crippen LogP contribution in [0.15, 0.2) is 52.7 Å². The van der Waals surface area contributed by atoms with Crippen molar-refractivity contribution in [2.75, 3.05) is 0 Å². The van der Waals surface area contributed by atoms with Crippen molar-refractivity contribution in [3.8, 4) is 0 Å². The predicted molar refractivity (Wildman–Crippen MR) is 73.5 cm³/mol. The van der Waals surface area contributed by atoms with Crippen LogP contribution in [0.25, 0.3) is 0 Å². The van der Waals surface area contributed by atoms with Gasteiger partial charge in [0.25, 0.3) is 0 Å². The molecule has 4 heteroatoms. The number of rotatable bonds is 3. The predicted octanol–water partition coefficient (Wildman–Crippen LogP) is 4.42. The molecule has 2 aromatic rings. The Balaban J connectivity index is 2.20. The van der Waals surface area contributed by atoms with E-state index >= 15 is 0 Å². The quantitative estimate of drug-likeness (QED) is 0.824. The van der Waals surface area contributed by atoms with Gasteiger partial charge in [0.1, 0.15) is 0 Å². The Bertz CT molecular complexity index is 611. The zero-order chi connectivity index (χ0) is 13.8. The first-order chi connectivity index (χ1) is 9.04. The zero-order valence-corrected chi connectivity index (χ0v) is 10.8. The summed E-state index contributed by atoms with van der Waals surface area (Å²) in [6.45, 7) is 4.02. The number of hydrogen-bond acceptors (Lipinski definition) is 3. The summed E-state index contributed by atoms with van der Waals surface area (Å²) in [5.74, 6) is -0.946. The van der Waals surface area contributed by atoms with Crippen molar-refractivity contribution < 1.29 is 9.90 Å². The van der Waals surface area contributed by atoms with Gasteiger partial charge < -0.3 is 5.11 Å². The van der Waals surface area contributed by atoms with Crippen LogP contribution >= 0.6 is 0 Å². The molecule has 0 aliphatic heterocycles. The summed E-state index contributed by atoms with van der Waals surface area (Å²) in [4.78, 5) is 10.7. The van der Waals surface area contributed by atoms with Gasteiger partial charge in [0, 0.05) is 0 Å². The van der Waals surface area contributed by atoms with Gasteiger partial charge in [-0.05, 0) is 61.4 Å². The molecule has 0 aliphatic rings. The summed E-state index contributed by atoms with van der Waals surface area (Å²) in [7, 11) is 0. The van der Waals surface area contributed by atoms with Gasteiger partial charge in [-0.25, -0.2) is 4.79 Å². The first-order valence-corrected chi connectivity index (χ1v) is 5.88. The lowest BCUT2D eigenvalue weighted by atomic mass is 10.1. The van der Waals surface area contributed by atoms with Crippen molar-refractivity contribution in [1.82, 2.24) is 0 Å². The highest BCUT2D eigenvalue weighted by atomic mass is 16.4. The molecule has 0 aliphatic carbocycles. The molecule has 0 saturated carbocycles. The van der Waals surface area contributed by atoms with E-state index in [0.29, 0.717) is 5.69 Å². The summed E-state index contributed by atoms with van der Waals surface area (Å²) in [6, 6.07) is 12.3. The zero-order valence-electron chi connectivity index (χ0n) is 10.8. The number of carboxylic acids is 1. The Hall–Kier alpha value is -2.49. The van der Waals surface area contributed by atoms with Gasteiger partial charge in [0.15, 0.2) is 0 Å². The maximum Gasteiger partial charge on any atom is 0.335 e. The Morgan fingerprint density at radius 2 is 1.42 bits per heavy atom. The minimum atomic E-state index is -0.946. The van der Waals surface area contributed by atoms with Gasteiger partial charge in [-0.15, -0.1) is 0 Å². The van der Waals surface area contributed by atoms with E-state index in [1.807, 2.05) is 26.0 Å². The fraction of sp³-hybridized carbons (Fsp3) is 0.133. The van der Waals surface area contributed by atoms with Gasteiger partial charge >= 0.3 is 5.97 Å². The number of carboxylic acid groups (broad SMARTS) is 1. The number of aromatic carboxylic acids is 1. The van der Waals surface area contributed by atoms with E-state index in [1.165, 1.54) is 12.1 Å². The number of hydrogen-bond donors (Lipinski definition) is 1. The summed E-state index contributed by atoms with van der Waals surface area (Å²) in [5.41, 5.74) is 3.93. The lowest BCUT2D eigenvalue weighted by Crippen LogP contribution is -1.93. The maximum absolute atomic E-state index is 10.7. The topological polar surface area (TPSA) is 62.0 Å². The normalized spacial score (nSPS) is 10.8. The minimum absolute atomic E-state index is 0.241. The molecule has 96 valence electrons. The largest absolute Gasteiger partial charge is 0.478 e. The third-order valence-corrected chi connectivity index (χ3v) is 2.60. The Morgan fingerprint density at radius 3 is 1.95 bits per heavy atom. The highest BCUT2D eigenvalue weighted by molar-refractivity contribution is 5.87. The van der Waals surface area contributed by atoms with Crippen molar-refractivity contribution in [2.45, 2.75) is 13.8 Å². The van der Waals surface area contributed by atoms with Crippen molar-refractivity contribution in [1.29, 1.82) is 0 Å². The number of carbonyl (C=O) groups is 1. The van der Waals surface area contributed by atoms with Crippen molar-refractivity contribution in [2.24, 2.45) is 10.2 Å². The Kier molecular flexibility index (Phi) is 3.71. The fourth-order valence-corrected chi connectivity index (χ4v) is 1.79. The minimum Gasteiger partial charge on any atom is -0.478 e. The summed E-state index contributed by atoms with van der Waals surface area (Å²) < 4.78 is 0. The van der Waals surface area contributed by atoms with E-state index < -0.39 is 5.97 Å². The molecule has 0 bridgehead atoms. The average molecular weight is 254 g/mol. The first-order valence-electron chi connectivity index (χ1n) is 5.88. The SMILES string of the molecule is Cc1cc(C)cc(/N=N/c2ccc(C(=O)O)cc2)c1. The second-order valence-corrected chi connectivity index (χ2v) is 4.40. The highest BCUT2D eigenvalue weighted by Gasteiger charge is 2.01. The molecule has 0 fully saturated rings. The van der Waals surface area contributed by atoms with Crippen LogP contribution in [-0.4, -0.2) is 11.1 Å². The van der Waals surface area contributed by atoms with Crippen molar-refractivity contribution in [3.05, 3.63) is 59.2 Å². The number of benzene rings is 2. The van der Waals surface area contributed by atoms with Crippen LogP contribution in [0.3, 0.4) is 0 Å². The number of azo groups is 1. The molecule has 2 rings (SSSR count). The monoisotopic (exact) mass is 254 g/mol. The molecule has 4 nitrogen and oxygen atoms in total. The molecule has 2 aromatic carbocycles. The lowest BCUT2D eigenvalue weighted by Gasteiger charge is -1.99. The highest BCUT2D eigenvalue weighted by Crippen LogP contribution is 2.21. The first kappa shape index (κ1) is 13.0. The van der Waals surface area contributed by atoms with Crippen LogP contribution in [-0.2, 0) is 0 Å². The Morgan fingerprint density at radius 1 is 0.895 bits per heavy atom. The summed E-state index contributed by atoms with van der Waals surface area (Å²) in [5, 5.41) is 17.0. The van der Waals surface area contributed by atoms with Crippen LogP contribution in [0.5, 0.6) is 0 Å².